The van der Waals surface area contributed by atoms with Crippen LogP contribution in [0, 0.1) is 6.92 Å². The van der Waals surface area contributed by atoms with E-state index in [-0.39, 0.29) is 11.6 Å². The number of hydrogen-bond acceptors (Lipinski definition) is 6. The van der Waals surface area contributed by atoms with Gasteiger partial charge in [0.2, 0.25) is 5.82 Å². The van der Waals surface area contributed by atoms with Gasteiger partial charge in [0.15, 0.2) is 0 Å². The van der Waals surface area contributed by atoms with Crippen molar-refractivity contribution in [1.29, 1.82) is 0 Å². The number of nitrogens with one attached hydrogen (secondary N) is 2. The van der Waals surface area contributed by atoms with Gasteiger partial charge in [-0.1, -0.05) is 0 Å². The van der Waals surface area contributed by atoms with Gasteiger partial charge in [-0.3, -0.25) is 0 Å². The summed E-state index contributed by atoms with van der Waals surface area (Å²) in [6.45, 7) is 4.47. The third-order valence-corrected chi connectivity index (χ3v) is 3.55. The van der Waals surface area contributed by atoms with Gasteiger partial charge in [-0.25, -0.2) is 15.0 Å². The van der Waals surface area contributed by atoms with Crippen LogP contribution in [-0.4, -0.2) is 21.5 Å². The van der Waals surface area contributed by atoms with Crippen LogP contribution in [-0.2, 0) is 12.7 Å². The Bertz CT molecular complexity index is 611. The molecular weight excluding hydrogens is 303 g/mol. The molecule has 114 valence electrons. The maximum atomic E-state index is 12.8. The number of hydrogen-bond donors (Lipinski definition) is 2. The van der Waals surface area contributed by atoms with Crippen molar-refractivity contribution in [1.82, 2.24) is 15.0 Å². The maximum Gasteiger partial charge on any atom is 0.451 e. The number of rotatable bonds is 5. The van der Waals surface area contributed by atoms with Crippen LogP contribution in [0.2, 0.25) is 0 Å². The second-order valence-electron chi connectivity index (χ2n) is 4.20. The van der Waals surface area contributed by atoms with Gasteiger partial charge in [-0.05, 0) is 13.8 Å². The number of nitrogens with zero attached hydrogens (tertiary/aromatic N) is 3. The summed E-state index contributed by atoms with van der Waals surface area (Å²) < 4.78 is 38.3. The van der Waals surface area contributed by atoms with E-state index in [0.717, 1.165) is 10.6 Å². The van der Waals surface area contributed by atoms with E-state index in [9.17, 15) is 13.2 Å². The van der Waals surface area contributed by atoms with Crippen LogP contribution in [0.4, 0.5) is 24.8 Å². The summed E-state index contributed by atoms with van der Waals surface area (Å²) >= 11 is 1.44. The second kappa shape index (κ2) is 6.25. The van der Waals surface area contributed by atoms with Crippen molar-refractivity contribution in [3.8, 4) is 0 Å². The summed E-state index contributed by atoms with van der Waals surface area (Å²) in [5.41, 5.74) is 2.54. The zero-order valence-electron chi connectivity index (χ0n) is 11.5. The van der Waals surface area contributed by atoms with E-state index < -0.39 is 12.0 Å². The number of aromatic nitrogens is 3. The highest BCUT2D eigenvalue weighted by atomic mass is 32.1. The summed E-state index contributed by atoms with van der Waals surface area (Å²) in [7, 11) is 0. The highest BCUT2D eigenvalue weighted by Gasteiger charge is 2.35. The molecule has 0 spiro atoms. The van der Waals surface area contributed by atoms with Crippen molar-refractivity contribution in [3.05, 3.63) is 28.0 Å². The molecular formula is C12H14F3N5S. The minimum Gasteiger partial charge on any atom is -0.370 e. The molecule has 0 fully saturated rings. The van der Waals surface area contributed by atoms with Crippen LogP contribution in [0.5, 0.6) is 0 Å². The predicted molar refractivity (Wildman–Crippen MR) is 75.4 cm³/mol. The van der Waals surface area contributed by atoms with E-state index in [1.165, 1.54) is 17.4 Å². The fourth-order valence-corrected chi connectivity index (χ4v) is 2.32. The Balaban J connectivity index is 2.21. The molecule has 0 radical (unpaired) electrons. The summed E-state index contributed by atoms with van der Waals surface area (Å²) in [6, 6.07) is 1.45. The molecule has 0 amide bonds. The minimum atomic E-state index is -4.58. The van der Waals surface area contributed by atoms with Crippen molar-refractivity contribution >= 4 is 23.0 Å². The molecule has 9 heteroatoms. The van der Waals surface area contributed by atoms with E-state index in [2.05, 4.69) is 25.6 Å². The van der Waals surface area contributed by atoms with Crippen LogP contribution in [0.15, 0.2) is 11.6 Å². The lowest BCUT2D eigenvalue weighted by Crippen LogP contribution is -2.15. The van der Waals surface area contributed by atoms with Gasteiger partial charge in [0, 0.05) is 17.5 Å². The molecule has 5 nitrogen and oxygen atoms in total. The molecule has 0 aromatic carbocycles. The van der Waals surface area contributed by atoms with E-state index in [0.29, 0.717) is 13.1 Å². The van der Waals surface area contributed by atoms with Crippen LogP contribution in [0.3, 0.4) is 0 Å². The van der Waals surface area contributed by atoms with Crippen molar-refractivity contribution < 1.29 is 13.2 Å². The first kappa shape index (κ1) is 15.5. The highest BCUT2D eigenvalue weighted by Crippen LogP contribution is 2.28. The molecule has 0 bridgehead atoms. The van der Waals surface area contributed by atoms with Gasteiger partial charge in [0.05, 0.1) is 17.7 Å². The monoisotopic (exact) mass is 317 g/mol. The van der Waals surface area contributed by atoms with Gasteiger partial charge < -0.3 is 10.6 Å². The van der Waals surface area contributed by atoms with Gasteiger partial charge in [-0.15, -0.1) is 11.3 Å². The van der Waals surface area contributed by atoms with Gasteiger partial charge in [0.1, 0.15) is 11.6 Å². The fourth-order valence-electron chi connectivity index (χ4n) is 1.60. The van der Waals surface area contributed by atoms with E-state index in [1.807, 2.05) is 6.92 Å². The SMILES string of the molecule is CCNc1cc(NCc2scnc2C)nc(C(F)(F)F)n1. The average molecular weight is 317 g/mol. The topological polar surface area (TPSA) is 62.7 Å². The molecule has 0 atom stereocenters. The summed E-state index contributed by atoms with van der Waals surface area (Å²) in [4.78, 5) is 12.0. The Morgan fingerprint density at radius 2 is 1.86 bits per heavy atom. The van der Waals surface area contributed by atoms with Crippen molar-refractivity contribution in [2.24, 2.45) is 0 Å². The lowest BCUT2D eigenvalue weighted by Gasteiger charge is -2.11. The zero-order valence-corrected chi connectivity index (χ0v) is 12.3. The summed E-state index contributed by atoms with van der Waals surface area (Å²) in [5.74, 6) is -0.895. The minimum absolute atomic E-state index is 0.126. The number of anilines is 2. The molecule has 21 heavy (non-hydrogen) atoms. The van der Waals surface area contributed by atoms with Gasteiger partial charge in [-0.2, -0.15) is 13.2 Å². The maximum absolute atomic E-state index is 12.8. The molecule has 0 aliphatic rings. The van der Waals surface area contributed by atoms with E-state index >= 15 is 0 Å². The molecule has 0 aliphatic heterocycles. The molecule has 2 rings (SSSR count). The fraction of sp³-hybridized carbons (Fsp3) is 0.417. The van der Waals surface area contributed by atoms with Gasteiger partial charge >= 0.3 is 6.18 Å². The molecule has 2 heterocycles. The molecule has 2 aromatic rings. The van der Waals surface area contributed by atoms with Crippen LogP contribution in [0.1, 0.15) is 23.3 Å². The first-order chi connectivity index (χ1) is 9.90. The predicted octanol–water partition coefficient (Wildman–Crippen LogP) is 3.30. The van der Waals surface area contributed by atoms with Crippen LogP contribution in [0.25, 0.3) is 0 Å². The number of aryl methyl sites for hydroxylation is 1. The third kappa shape index (κ3) is 4.03. The third-order valence-electron chi connectivity index (χ3n) is 2.61. The van der Waals surface area contributed by atoms with Crippen LogP contribution >= 0.6 is 11.3 Å². The Kier molecular flexibility index (Phi) is 4.61. The molecule has 0 aliphatic carbocycles. The smallest absolute Gasteiger partial charge is 0.370 e. The van der Waals surface area contributed by atoms with Gasteiger partial charge in [0.25, 0.3) is 0 Å². The molecule has 2 aromatic heterocycles. The van der Waals surface area contributed by atoms with Crippen LogP contribution < -0.4 is 10.6 Å². The average Bonchev–Trinajstić information content (AvgIpc) is 2.81. The lowest BCUT2D eigenvalue weighted by atomic mass is 10.4. The molecule has 0 saturated carbocycles. The quantitative estimate of drug-likeness (QED) is 0.886. The Morgan fingerprint density at radius 1 is 1.19 bits per heavy atom. The number of thiazole rings is 1. The van der Waals surface area contributed by atoms with Crippen molar-refractivity contribution in [2.75, 3.05) is 17.2 Å². The number of alkyl halides is 3. The highest BCUT2D eigenvalue weighted by molar-refractivity contribution is 7.09. The Labute approximate surface area is 123 Å². The number of halogens is 3. The first-order valence-electron chi connectivity index (χ1n) is 6.23. The normalized spacial score (nSPS) is 11.5. The van der Waals surface area contributed by atoms with Crippen molar-refractivity contribution in [3.63, 3.8) is 0 Å². The largest absolute Gasteiger partial charge is 0.451 e. The first-order valence-corrected chi connectivity index (χ1v) is 7.11. The molecule has 2 N–H and O–H groups in total. The second-order valence-corrected chi connectivity index (χ2v) is 5.14. The standard InChI is InChI=1S/C12H14F3N5S/c1-3-16-9-4-10(20-11(19-9)12(13,14)15)17-5-8-7(2)18-6-21-8/h4,6H,3,5H2,1-2H3,(H2,16,17,19,20). The van der Waals surface area contributed by atoms with Crippen molar-refractivity contribution in [2.45, 2.75) is 26.6 Å². The molecule has 0 unspecified atom stereocenters. The zero-order chi connectivity index (χ0) is 15.5. The Morgan fingerprint density at radius 3 is 2.38 bits per heavy atom. The van der Waals surface area contributed by atoms with E-state index in [1.54, 1.807) is 12.4 Å². The summed E-state index contributed by atoms with van der Waals surface area (Å²) in [6.07, 6.45) is -4.58. The molecule has 0 saturated heterocycles. The Hall–Kier alpha value is -1.90. The lowest BCUT2D eigenvalue weighted by molar-refractivity contribution is -0.144. The van der Waals surface area contributed by atoms with E-state index in [4.69, 9.17) is 0 Å². The summed E-state index contributed by atoms with van der Waals surface area (Å²) in [5, 5.41) is 5.64.